The molecule has 5 aliphatic rings. The summed E-state index contributed by atoms with van der Waals surface area (Å²) in [5, 5.41) is 34.9. The number of hydrogen-bond donors (Lipinski definition) is 13. The fourth-order valence-electron chi connectivity index (χ4n) is 14.0. The first kappa shape index (κ1) is 139. The molecule has 5 heterocycles. The largest absolute Gasteiger partial charge is 0.480 e. The van der Waals surface area contributed by atoms with Gasteiger partial charge < -0.3 is 113 Å². The van der Waals surface area contributed by atoms with Crippen molar-refractivity contribution in [3.05, 3.63) is 0 Å². The number of hydrogen-bond acceptors (Lipinski definition) is 31. The maximum absolute atomic E-state index is 12.9. The summed E-state index contributed by atoms with van der Waals surface area (Å²) in [7, 11) is 2.42. The molecule has 16 amide bonds. The van der Waals surface area contributed by atoms with Crippen LogP contribution in [0.15, 0.2) is 0 Å². The van der Waals surface area contributed by atoms with Crippen molar-refractivity contribution < 1.29 is 144 Å². The SMILES string of the molecule is CC(C)C(NC(=O)[C@H](C)NC(=O)[C@H]1CCCN1C(=O)[C@@H](C)N)C(=O)CCl.CC(C)C(NC(=O)[C@H](C)NC(=O)[C@H]1CCCN1C(=O)[C@@H](C)NC(=O)OC(C)(C)C)C(=O)CCl.CC(C)[C@@H](N)C(=O)CCl.COC(=O)CCC(=O)N[C@H](C)C(=O)N1CCC[C@@H]1C(=O)N[C@@H](C)C(=O)NC(C(=O)CCl)C(C)C.COC(=O)CCC(=O)ON1C(=O)CCC1=O.C[C@H](NC(=O)[C@H]1CCCN1C(=O)[C@@H](C)NC(=O)OC(C)(C)C)C(=O)O.Cl.Cl. The number of likely N-dealkylation sites (tertiary alicyclic amines) is 4. The highest BCUT2D eigenvalue weighted by molar-refractivity contribution is 6.30. The van der Waals surface area contributed by atoms with E-state index in [9.17, 15) is 115 Å². The van der Waals surface area contributed by atoms with Gasteiger partial charge in [0.05, 0.1) is 87.2 Å². The number of carboxylic acids is 1. The average molecular weight is 2190 g/mol. The van der Waals surface area contributed by atoms with Gasteiger partial charge in [0.2, 0.25) is 70.9 Å². The Morgan fingerprint density at radius 2 is 0.621 bits per heavy atom. The summed E-state index contributed by atoms with van der Waals surface area (Å²) < 4.78 is 19.1. The van der Waals surface area contributed by atoms with E-state index in [0.29, 0.717) is 82.6 Å². The van der Waals surface area contributed by atoms with Gasteiger partial charge in [0, 0.05) is 45.4 Å². The summed E-state index contributed by atoms with van der Waals surface area (Å²) in [6.07, 6.45) is 2.41. The van der Waals surface area contributed by atoms with Crippen LogP contribution in [0, 0.1) is 23.7 Å². The van der Waals surface area contributed by atoms with Crippen LogP contribution in [0.3, 0.4) is 0 Å². The number of carbonyl (C=O) groups excluding carboxylic acids is 23. The Morgan fingerprint density at radius 1 is 0.359 bits per heavy atom. The van der Waals surface area contributed by atoms with Gasteiger partial charge in [-0.1, -0.05) is 55.4 Å². The lowest BCUT2D eigenvalue weighted by Gasteiger charge is -2.29. The predicted molar refractivity (Wildman–Crippen MR) is 536 cm³/mol. The topological polar surface area (TPSA) is 665 Å². The molecule has 0 bridgehead atoms. The number of carbonyl (C=O) groups is 24. The van der Waals surface area contributed by atoms with Crippen LogP contribution in [0.2, 0.25) is 0 Å². The van der Waals surface area contributed by atoms with Gasteiger partial charge in [-0.05, 0) is 172 Å². The van der Waals surface area contributed by atoms with E-state index in [4.69, 9.17) is 72.5 Å². The lowest BCUT2D eigenvalue weighted by Crippen LogP contribution is -2.56. The number of esters is 2. The van der Waals surface area contributed by atoms with Gasteiger partial charge in [-0.25, -0.2) is 14.4 Å². The second-order valence-electron chi connectivity index (χ2n) is 37.9. The lowest BCUT2D eigenvalue weighted by molar-refractivity contribution is -0.197. The van der Waals surface area contributed by atoms with E-state index in [1.165, 1.54) is 82.3 Å². The number of ketones is 4. The van der Waals surface area contributed by atoms with Crippen LogP contribution in [0.4, 0.5) is 9.59 Å². The molecule has 0 spiro atoms. The predicted octanol–water partition coefficient (Wildman–Crippen LogP) is 2.66. The summed E-state index contributed by atoms with van der Waals surface area (Å²) in [4.78, 5) is 296. The molecule has 15 N–H and O–H groups in total. The molecule has 0 aromatic heterocycles. The van der Waals surface area contributed by atoms with Crippen molar-refractivity contribution in [1.82, 2.24) is 77.8 Å². The zero-order chi connectivity index (χ0) is 110. The molecule has 5 rings (SSSR count). The van der Waals surface area contributed by atoms with Gasteiger partial charge >= 0.3 is 36.1 Å². The third-order valence-electron chi connectivity index (χ3n) is 22.0. The van der Waals surface area contributed by atoms with Crippen molar-refractivity contribution in [1.29, 1.82) is 0 Å². The van der Waals surface area contributed by atoms with Crippen molar-refractivity contribution >= 4 is 213 Å². The van der Waals surface area contributed by atoms with Crippen molar-refractivity contribution in [2.24, 2.45) is 35.1 Å². The molecule has 47 nitrogen and oxygen atoms in total. The molecule has 3 unspecified atom stereocenters. The number of nitrogens with two attached hydrogens (primary N) is 2. The molecular formula is C92H153Cl6N17O30. The Morgan fingerprint density at radius 3 is 0.862 bits per heavy atom. The Balaban J connectivity index is -0.00000172. The standard InChI is InChI=1S/C22H35ClN4O7.C22H37ClN4O6.C17H29ClN4O4.C16H27N3O6.C9H11NO6.C6H12ClNO.2ClH/c1-12(2)19(16(28)11-23)26-20(31)13(3)25-21(32)15-7-6-10-27(15)22(33)14(4)24-17(29)8-9-18(30)34-5;1-12(2)17(16(28)11-23)26-18(29)13(3)24-19(30)15-9-8-10-27(15)20(31)14(4)25-21(32)33-22(5,6)7;1-9(2)14(13(23)8-18)21-15(24)11(4)20-16(25)12-6-5-7-22(12)17(26)10(3)19;1-9(18-15(24)25-16(3,4)5)13(21)19-8-6-7-11(19)12(20)17-10(2)14(22)23;1-15-8(13)4-5-9(14)16-10-6(11)2-3-7(10)12;1-4(2)6(8)5(9)3-7;;/h12-15,19H,6-11H2,1-5H3,(H,24,29)(H,25,32)(H,26,31);12-15,17H,8-11H2,1-7H3,(H,24,30)(H,25,32)(H,26,29);9-12,14H,5-8,19H2,1-4H3,(H,20,25)(H,21,24);9-11H,6-8H2,1-5H3,(H,17,20)(H,18,24)(H,22,23);2-5H2,1H3;4,6H,3,8H2,1-2H3;2*1H/t13-,14+,15+,19?;13-,14+,15+,17?;10-,11+,12-,14?;9-,10+,11-;;6-;;/m0011.1../s1. The number of rotatable bonds is 41. The molecule has 145 heavy (non-hydrogen) atoms. The van der Waals surface area contributed by atoms with Crippen LogP contribution in [0.5, 0.6) is 0 Å². The van der Waals surface area contributed by atoms with Gasteiger partial charge in [-0.15, -0.1) is 76.3 Å². The first-order valence-electron chi connectivity index (χ1n) is 47.2. The zero-order valence-corrected chi connectivity index (χ0v) is 91.8. The second-order valence-corrected chi connectivity index (χ2v) is 39.0. The van der Waals surface area contributed by atoms with Crippen LogP contribution in [-0.2, 0) is 129 Å². The fourth-order valence-corrected chi connectivity index (χ4v) is 14.7. The maximum Gasteiger partial charge on any atom is 0.408 e. The van der Waals surface area contributed by atoms with Gasteiger partial charge in [0.1, 0.15) is 77.7 Å². The fraction of sp³-hybridized carbons (Fsp3) is 0.739. The number of nitrogens with one attached hydrogen (secondary N) is 10. The van der Waals surface area contributed by atoms with E-state index >= 15 is 0 Å². The van der Waals surface area contributed by atoms with Crippen LogP contribution in [0.1, 0.15) is 242 Å². The third kappa shape index (κ3) is 50.2. The summed E-state index contributed by atoms with van der Waals surface area (Å²) in [5.74, 6) is -11.5. The normalized spacial score (nSPS) is 18.1. The summed E-state index contributed by atoms with van der Waals surface area (Å²) in [6.45, 7) is 38.3. The monoisotopic (exact) mass is 2190 g/mol. The number of carboxylic acid groups (broad SMARTS) is 1. The minimum absolute atomic E-state index is 0. The Hall–Kier alpha value is -10.5. The summed E-state index contributed by atoms with van der Waals surface area (Å²) >= 11 is 22.1. The van der Waals surface area contributed by atoms with E-state index in [1.54, 1.807) is 90.0 Å². The molecule has 0 aromatic carbocycles. The quantitative estimate of drug-likeness (QED) is 0.0181. The number of halogens is 6. The number of methoxy groups -OCH3 is 2. The van der Waals surface area contributed by atoms with E-state index in [-0.39, 0.29) is 146 Å². The number of amides is 16. The molecule has 53 heteroatoms. The van der Waals surface area contributed by atoms with Crippen molar-refractivity contribution in [2.75, 3.05) is 63.9 Å². The molecular weight excluding hydrogens is 2040 g/mol. The molecule has 0 aromatic rings. The minimum atomic E-state index is -1.15. The number of imide groups is 1. The Kier molecular flexibility index (Phi) is 65.2. The Bertz CT molecular complexity index is 4390. The number of ether oxygens (including phenoxy) is 4. The van der Waals surface area contributed by atoms with Crippen LogP contribution < -0.4 is 64.6 Å². The lowest BCUT2D eigenvalue weighted by atomic mass is 10.0. The highest BCUT2D eigenvalue weighted by Crippen LogP contribution is 2.25. The van der Waals surface area contributed by atoms with Gasteiger partial charge in [-0.3, -0.25) is 101 Å². The second kappa shape index (κ2) is 68.1. The first-order valence-corrected chi connectivity index (χ1v) is 49.3. The van der Waals surface area contributed by atoms with Gasteiger partial charge in [0.25, 0.3) is 11.8 Å². The first-order chi connectivity index (χ1) is 66.2. The molecule has 5 saturated heterocycles. The average Bonchev–Trinajstić information content (AvgIpc) is 1.70. The Labute approximate surface area is 879 Å². The van der Waals surface area contributed by atoms with Crippen LogP contribution in [-0.4, -0.2) is 343 Å². The van der Waals surface area contributed by atoms with Crippen molar-refractivity contribution in [3.8, 4) is 0 Å². The van der Waals surface area contributed by atoms with Crippen LogP contribution in [0.25, 0.3) is 0 Å². The summed E-state index contributed by atoms with van der Waals surface area (Å²) in [6, 6.07) is -12.6. The van der Waals surface area contributed by atoms with Crippen molar-refractivity contribution in [2.45, 2.75) is 350 Å². The van der Waals surface area contributed by atoms with Gasteiger partial charge in [0.15, 0.2) is 23.1 Å². The molecule has 0 radical (unpaired) electrons. The van der Waals surface area contributed by atoms with E-state index in [0.717, 1.165) is 0 Å². The molecule has 16 atom stereocenters. The number of alkyl carbamates (subject to hydrolysis) is 2. The smallest absolute Gasteiger partial charge is 0.408 e. The van der Waals surface area contributed by atoms with E-state index in [1.807, 2.05) is 13.8 Å². The number of Topliss-reactive ketones (excluding diaryl/α,β-unsaturated/α-hetero) is 4. The maximum atomic E-state index is 12.9. The third-order valence-corrected chi connectivity index (χ3v) is 23.0. The molecule has 5 fully saturated rings. The highest BCUT2D eigenvalue weighted by atomic mass is 35.5. The number of hydroxylamine groups is 2. The minimum Gasteiger partial charge on any atom is -0.480 e. The van der Waals surface area contributed by atoms with Gasteiger partial charge in [-0.2, -0.15) is 0 Å². The van der Waals surface area contributed by atoms with Crippen molar-refractivity contribution in [3.63, 3.8) is 0 Å². The molecule has 0 saturated carbocycles. The zero-order valence-electron chi connectivity index (χ0n) is 87.1. The van der Waals surface area contributed by atoms with E-state index in [2.05, 4.69) is 67.5 Å². The number of alkyl halides is 4. The molecule has 5 aliphatic heterocycles. The molecule has 0 aliphatic carbocycles. The van der Waals surface area contributed by atoms with Crippen LogP contribution >= 0.6 is 71.2 Å². The summed E-state index contributed by atoms with van der Waals surface area (Å²) in [5.41, 5.74) is 9.67. The molecule has 828 valence electrons. The highest BCUT2D eigenvalue weighted by Gasteiger charge is 2.44. The number of aliphatic carboxylic acids is 1. The number of nitrogens with zero attached hydrogens (tertiary/aromatic N) is 5. The van der Waals surface area contributed by atoms with E-state index < -0.39 is 215 Å².